The van der Waals surface area contributed by atoms with Crippen LogP contribution in [0.3, 0.4) is 0 Å². The van der Waals surface area contributed by atoms with E-state index < -0.39 is 28.6 Å². The number of aromatic nitrogens is 1. The van der Waals surface area contributed by atoms with Gasteiger partial charge >= 0.3 is 0 Å². The van der Waals surface area contributed by atoms with Gasteiger partial charge in [-0.25, -0.2) is 13.8 Å². The number of nitriles is 1. The van der Waals surface area contributed by atoms with Crippen LogP contribution in [0.1, 0.15) is 27.9 Å². The zero-order chi connectivity index (χ0) is 11.6. The normalized spacial score (nSPS) is 10.1. The molecule has 0 spiro atoms. The summed E-state index contributed by atoms with van der Waals surface area (Å²) in [6.07, 6.45) is -2.09. The van der Waals surface area contributed by atoms with E-state index in [1.165, 1.54) is 6.07 Å². The zero-order valence-electron chi connectivity index (χ0n) is 7.17. The van der Waals surface area contributed by atoms with Crippen LogP contribution in [0.4, 0.5) is 8.78 Å². The van der Waals surface area contributed by atoms with Crippen molar-refractivity contribution in [3.63, 3.8) is 0 Å². The predicted octanol–water partition coefficient (Wildman–Crippen LogP) is 1.64. The van der Waals surface area contributed by atoms with Crippen molar-refractivity contribution in [2.24, 2.45) is 5.73 Å². The summed E-state index contributed by atoms with van der Waals surface area (Å²) in [5.41, 5.74) is 3.23. The smallest absolute Gasteiger partial charge is 0.268 e. The zero-order valence-corrected chi connectivity index (χ0v) is 7.92. The second-order valence-electron chi connectivity index (χ2n) is 2.53. The standard InChI is InChI=1S/C8H4ClF2N3O/c9-6-5(7(10)11)3(1-12)4(2-14-6)8(13)15/h2,7H,(H2,13,15). The number of amides is 1. The number of nitrogens with zero attached hydrogens (tertiary/aromatic N) is 2. The fraction of sp³-hybridized carbons (Fsp3) is 0.125. The highest BCUT2D eigenvalue weighted by Crippen LogP contribution is 2.30. The minimum atomic E-state index is -2.99. The molecule has 0 saturated carbocycles. The Labute approximate surface area is 88.3 Å². The van der Waals surface area contributed by atoms with Crippen molar-refractivity contribution < 1.29 is 13.6 Å². The summed E-state index contributed by atoms with van der Waals surface area (Å²) in [7, 11) is 0. The van der Waals surface area contributed by atoms with Gasteiger partial charge in [-0.05, 0) is 0 Å². The van der Waals surface area contributed by atoms with Gasteiger partial charge in [0.15, 0.2) is 0 Å². The van der Waals surface area contributed by atoms with E-state index in [1.807, 2.05) is 0 Å². The SMILES string of the molecule is N#Cc1c(C(N)=O)cnc(Cl)c1C(F)F. The monoisotopic (exact) mass is 231 g/mol. The van der Waals surface area contributed by atoms with Crippen molar-refractivity contribution in [1.82, 2.24) is 4.98 Å². The van der Waals surface area contributed by atoms with Crippen LogP contribution in [-0.4, -0.2) is 10.9 Å². The van der Waals surface area contributed by atoms with E-state index in [0.717, 1.165) is 6.20 Å². The number of halogens is 3. The Bertz CT molecular complexity index is 456. The van der Waals surface area contributed by atoms with Crippen molar-refractivity contribution >= 4 is 17.5 Å². The third-order valence-electron chi connectivity index (χ3n) is 1.66. The molecule has 0 radical (unpaired) electrons. The molecule has 78 valence electrons. The molecular weight excluding hydrogens is 228 g/mol. The molecule has 1 aromatic heterocycles. The number of carbonyl (C=O) groups excluding carboxylic acids is 1. The van der Waals surface area contributed by atoms with Gasteiger partial charge in [0.1, 0.15) is 11.2 Å². The lowest BCUT2D eigenvalue weighted by atomic mass is 10.1. The molecule has 0 unspecified atom stereocenters. The van der Waals surface area contributed by atoms with Gasteiger partial charge in [-0.3, -0.25) is 4.79 Å². The van der Waals surface area contributed by atoms with E-state index in [1.54, 1.807) is 0 Å². The van der Waals surface area contributed by atoms with Gasteiger partial charge in [0, 0.05) is 6.20 Å². The molecule has 1 amide bonds. The van der Waals surface area contributed by atoms with E-state index in [4.69, 9.17) is 22.6 Å². The average molecular weight is 232 g/mol. The predicted molar refractivity (Wildman–Crippen MR) is 47.4 cm³/mol. The first kappa shape index (κ1) is 11.3. The second kappa shape index (κ2) is 4.19. The van der Waals surface area contributed by atoms with Crippen molar-refractivity contribution in [2.75, 3.05) is 0 Å². The minimum Gasteiger partial charge on any atom is -0.366 e. The van der Waals surface area contributed by atoms with Crippen LogP contribution in [0.5, 0.6) is 0 Å². The maximum Gasteiger partial charge on any atom is 0.268 e. The van der Waals surface area contributed by atoms with Gasteiger partial charge in [-0.1, -0.05) is 11.6 Å². The summed E-state index contributed by atoms with van der Waals surface area (Å²) in [5, 5.41) is 8.14. The summed E-state index contributed by atoms with van der Waals surface area (Å²) in [6.45, 7) is 0. The Hall–Kier alpha value is -1.74. The van der Waals surface area contributed by atoms with Crippen molar-refractivity contribution in [3.8, 4) is 6.07 Å². The number of pyridine rings is 1. The number of alkyl halides is 2. The van der Waals surface area contributed by atoms with Crippen LogP contribution in [0, 0.1) is 11.3 Å². The largest absolute Gasteiger partial charge is 0.366 e. The Morgan fingerprint density at radius 2 is 2.27 bits per heavy atom. The van der Waals surface area contributed by atoms with Gasteiger partial charge in [0.05, 0.1) is 16.7 Å². The van der Waals surface area contributed by atoms with E-state index in [9.17, 15) is 13.6 Å². The molecule has 2 N–H and O–H groups in total. The molecule has 0 aromatic carbocycles. The summed E-state index contributed by atoms with van der Waals surface area (Å²) in [5.74, 6) is -1.00. The molecular formula is C8H4ClF2N3O. The topological polar surface area (TPSA) is 79.8 Å². The number of rotatable bonds is 2. The quantitative estimate of drug-likeness (QED) is 0.786. The molecule has 15 heavy (non-hydrogen) atoms. The van der Waals surface area contributed by atoms with Crippen LogP contribution in [0.2, 0.25) is 5.15 Å². The Morgan fingerprint density at radius 1 is 1.67 bits per heavy atom. The molecule has 1 rings (SSSR count). The highest BCUT2D eigenvalue weighted by atomic mass is 35.5. The van der Waals surface area contributed by atoms with Crippen LogP contribution >= 0.6 is 11.6 Å². The molecule has 0 bridgehead atoms. The Morgan fingerprint density at radius 3 is 2.67 bits per heavy atom. The number of hydrogen-bond acceptors (Lipinski definition) is 3. The van der Waals surface area contributed by atoms with E-state index in [0.29, 0.717) is 0 Å². The molecule has 0 aliphatic carbocycles. The maximum atomic E-state index is 12.5. The lowest BCUT2D eigenvalue weighted by molar-refractivity contribution is 0.0999. The highest BCUT2D eigenvalue weighted by Gasteiger charge is 2.23. The highest BCUT2D eigenvalue weighted by molar-refractivity contribution is 6.30. The Kier molecular flexibility index (Phi) is 3.17. The average Bonchev–Trinajstić information content (AvgIpc) is 2.15. The summed E-state index contributed by atoms with van der Waals surface area (Å²) in [6, 6.07) is 1.46. The molecule has 0 aliphatic rings. The summed E-state index contributed by atoms with van der Waals surface area (Å²) in [4.78, 5) is 14.2. The van der Waals surface area contributed by atoms with E-state index >= 15 is 0 Å². The first-order valence-corrected chi connectivity index (χ1v) is 4.03. The molecule has 0 atom stereocenters. The van der Waals surface area contributed by atoms with E-state index in [2.05, 4.69) is 4.98 Å². The third kappa shape index (κ3) is 2.02. The van der Waals surface area contributed by atoms with Crippen molar-refractivity contribution in [1.29, 1.82) is 5.26 Å². The van der Waals surface area contributed by atoms with E-state index in [-0.39, 0.29) is 5.56 Å². The summed E-state index contributed by atoms with van der Waals surface area (Å²) >= 11 is 5.39. The van der Waals surface area contributed by atoms with Crippen LogP contribution in [0.15, 0.2) is 6.20 Å². The first-order chi connectivity index (χ1) is 6.99. The molecule has 0 fully saturated rings. The number of nitrogens with two attached hydrogens (primary N) is 1. The fourth-order valence-electron chi connectivity index (χ4n) is 1.01. The maximum absolute atomic E-state index is 12.5. The second-order valence-corrected chi connectivity index (χ2v) is 2.89. The number of hydrogen-bond donors (Lipinski definition) is 1. The Balaban J connectivity index is 3.56. The molecule has 0 aliphatic heterocycles. The van der Waals surface area contributed by atoms with Crippen LogP contribution in [0.25, 0.3) is 0 Å². The lowest BCUT2D eigenvalue weighted by Crippen LogP contribution is -2.15. The third-order valence-corrected chi connectivity index (χ3v) is 1.96. The minimum absolute atomic E-state index is 0.364. The summed E-state index contributed by atoms with van der Waals surface area (Å²) < 4.78 is 25.0. The molecule has 0 saturated heterocycles. The van der Waals surface area contributed by atoms with Crippen LogP contribution < -0.4 is 5.73 Å². The van der Waals surface area contributed by atoms with Gasteiger partial charge in [0.25, 0.3) is 12.3 Å². The number of primary amides is 1. The number of carbonyl (C=O) groups is 1. The molecule has 1 aromatic rings. The van der Waals surface area contributed by atoms with Crippen molar-refractivity contribution in [3.05, 3.63) is 28.0 Å². The molecule has 1 heterocycles. The van der Waals surface area contributed by atoms with Gasteiger partial charge < -0.3 is 5.73 Å². The molecule has 4 nitrogen and oxygen atoms in total. The first-order valence-electron chi connectivity index (χ1n) is 3.65. The lowest BCUT2D eigenvalue weighted by Gasteiger charge is -2.07. The van der Waals surface area contributed by atoms with Crippen molar-refractivity contribution in [2.45, 2.75) is 6.43 Å². The fourth-order valence-corrected chi connectivity index (χ4v) is 1.24. The van der Waals surface area contributed by atoms with Gasteiger partial charge in [-0.2, -0.15) is 5.26 Å². The molecule has 7 heteroatoms. The van der Waals surface area contributed by atoms with Crippen LogP contribution in [-0.2, 0) is 0 Å². The van der Waals surface area contributed by atoms with Gasteiger partial charge in [0.2, 0.25) is 0 Å². The van der Waals surface area contributed by atoms with Gasteiger partial charge in [-0.15, -0.1) is 0 Å².